The van der Waals surface area contributed by atoms with Crippen LogP contribution >= 0.6 is 0 Å². The molecule has 270 valence electrons. The minimum atomic E-state index is -1.65. The Morgan fingerprint density at radius 1 is 0.510 bits per heavy atom. The van der Waals surface area contributed by atoms with Crippen molar-refractivity contribution in [1.29, 1.82) is 0 Å². The smallest absolute Gasteiger partial charge is 0.348 e. The highest BCUT2D eigenvalue weighted by Crippen LogP contribution is 2.45. The minimum absolute atomic E-state index is 0.104. The summed E-state index contributed by atoms with van der Waals surface area (Å²) < 4.78 is 42.5. The third-order valence-electron chi connectivity index (χ3n) is 8.11. The van der Waals surface area contributed by atoms with E-state index in [0.29, 0.717) is 6.42 Å². The molecule has 0 radical (unpaired) electrons. The van der Waals surface area contributed by atoms with Gasteiger partial charge in [-0.15, -0.1) is 0 Å². The van der Waals surface area contributed by atoms with Gasteiger partial charge in [0.1, 0.15) is 22.3 Å². The Kier molecular flexibility index (Phi) is 9.72. The van der Waals surface area contributed by atoms with E-state index in [4.69, 9.17) is 37.9 Å². The van der Waals surface area contributed by atoms with Gasteiger partial charge in [-0.25, -0.2) is 28.8 Å². The molecule has 2 saturated heterocycles. The zero-order valence-corrected chi connectivity index (χ0v) is 27.9. The van der Waals surface area contributed by atoms with Gasteiger partial charge in [-0.3, -0.25) is 0 Å². The predicted octanol–water partition coefficient (Wildman–Crippen LogP) is 3.78. The van der Waals surface area contributed by atoms with Crippen LogP contribution in [0.1, 0.15) is 59.8 Å². The van der Waals surface area contributed by atoms with Crippen molar-refractivity contribution in [1.82, 2.24) is 0 Å². The van der Waals surface area contributed by atoms with E-state index in [1.54, 1.807) is 6.92 Å². The van der Waals surface area contributed by atoms with Crippen molar-refractivity contribution in [3.8, 4) is 0 Å². The van der Waals surface area contributed by atoms with Gasteiger partial charge in [0, 0.05) is 52.9 Å². The number of ether oxygens (including phenoxy) is 8. The monoisotopic (exact) mass is 710 g/mol. The number of carbonyl (C=O) groups is 6. The maximum atomic E-state index is 12.8. The van der Waals surface area contributed by atoms with Gasteiger partial charge in [0.2, 0.25) is 0 Å². The van der Waals surface area contributed by atoms with Crippen molar-refractivity contribution < 1.29 is 76.9 Å². The quantitative estimate of drug-likeness (QED) is 0.126. The van der Waals surface area contributed by atoms with Gasteiger partial charge in [-0.1, -0.05) is 43.4 Å². The van der Waals surface area contributed by atoms with E-state index in [1.165, 1.54) is 75.5 Å². The van der Waals surface area contributed by atoms with Crippen molar-refractivity contribution in [2.45, 2.75) is 82.9 Å². The van der Waals surface area contributed by atoms with Gasteiger partial charge in [-0.05, 0) is 24.3 Å². The second-order valence-electron chi connectivity index (χ2n) is 12.3. The molecule has 4 aliphatic heterocycles. The number of rotatable bonds is 7. The number of hydrogen-bond donors (Lipinski definition) is 2. The topological polar surface area (TPSA) is 217 Å². The predicted molar refractivity (Wildman–Crippen MR) is 167 cm³/mol. The van der Waals surface area contributed by atoms with Crippen LogP contribution in [0, 0.1) is 0 Å². The van der Waals surface area contributed by atoms with Gasteiger partial charge in [0.05, 0.1) is 0 Å². The largest absolute Gasteiger partial charge is 0.480 e. The molecule has 0 amide bonds. The first kappa shape index (κ1) is 36.2. The lowest BCUT2D eigenvalue weighted by Crippen LogP contribution is -2.54. The lowest BCUT2D eigenvalue weighted by Gasteiger charge is -2.46. The van der Waals surface area contributed by atoms with Gasteiger partial charge >= 0.3 is 35.8 Å². The molecule has 0 aromatic carbocycles. The van der Waals surface area contributed by atoms with Crippen LogP contribution in [0.2, 0.25) is 0 Å². The van der Waals surface area contributed by atoms with E-state index in [9.17, 15) is 39.0 Å². The van der Waals surface area contributed by atoms with Gasteiger partial charge in [0.25, 0.3) is 35.0 Å². The molecule has 0 aromatic heterocycles. The van der Waals surface area contributed by atoms with Crippen LogP contribution in [0.5, 0.6) is 0 Å². The minimum Gasteiger partial charge on any atom is -0.480 e. The van der Waals surface area contributed by atoms with Crippen LogP contribution in [-0.2, 0) is 66.7 Å². The third kappa shape index (κ3) is 7.90. The van der Waals surface area contributed by atoms with Crippen LogP contribution < -0.4 is 0 Å². The maximum Gasteiger partial charge on any atom is 0.348 e. The van der Waals surface area contributed by atoms with E-state index in [0.717, 1.165) is 6.08 Å². The molecule has 3 fully saturated rings. The number of cyclic esters (lactones) is 3. The number of carbonyl (C=O) groups excluding carboxylic acids is 6. The zero-order valence-electron chi connectivity index (χ0n) is 27.9. The molecular weight excluding hydrogens is 676 g/mol. The molecule has 1 saturated carbocycles. The Labute approximate surface area is 290 Å². The van der Waals surface area contributed by atoms with Gasteiger partial charge < -0.3 is 48.1 Å². The highest BCUT2D eigenvalue weighted by atomic mass is 16.8. The lowest BCUT2D eigenvalue weighted by molar-refractivity contribution is -0.297. The first-order chi connectivity index (χ1) is 24.0. The Morgan fingerprint density at radius 3 is 1.33 bits per heavy atom. The standard InChI is InChI=1S/C35H34O16/c1-5-33(4)46-26(38)21(27(39)47-33)13-9-7-11-15-23-30(42)50-35(51-31(23)43)18-16-34(17-19-35)48-28(40)22(29(41)49-34)14-10-6-8-12-20-24(36)44-32(2,3)45-25(20)37/h6-15,38,40H,5,16-19H2,1-4H3/b8-6+,11-7+,13-9+,14-10+,23-15?. The summed E-state index contributed by atoms with van der Waals surface area (Å²) in [7, 11) is 0. The summed E-state index contributed by atoms with van der Waals surface area (Å²) in [5.41, 5.74) is -1.27. The van der Waals surface area contributed by atoms with Crippen molar-refractivity contribution >= 4 is 35.8 Å². The second kappa shape index (κ2) is 13.7. The number of hydrogen-bond acceptors (Lipinski definition) is 16. The van der Waals surface area contributed by atoms with Gasteiger partial charge in [0.15, 0.2) is 0 Å². The summed E-state index contributed by atoms with van der Waals surface area (Å²) in [5.74, 6) is -12.6. The van der Waals surface area contributed by atoms with Crippen molar-refractivity contribution in [2.24, 2.45) is 0 Å². The molecule has 5 rings (SSSR count). The second-order valence-corrected chi connectivity index (χ2v) is 12.3. The van der Waals surface area contributed by atoms with Gasteiger partial charge in [-0.2, -0.15) is 0 Å². The molecule has 5 aliphatic rings. The Bertz CT molecular complexity index is 1760. The van der Waals surface area contributed by atoms with E-state index < -0.39 is 76.4 Å². The number of allylic oxidation sites excluding steroid dienone is 8. The molecule has 16 nitrogen and oxygen atoms in total. The molecule has 4 heterocycles. The normalized spacial score (nSPS) is 27.8. The fourth-order valence-electron chi connectivity index (χ4n) is 5.25. The number of esters is 6. The van der Waals surface area contributed by atoms with Crippen molar-refractivity contribution in [3.63, 3.8) is 0 Å². The summed E-state index contributed by atoms with van der Waals surface area (Å²) in [6.45, 7) is 6.06. The molecule has 1 aliphatic carbocycles. The van der Waals surface area contributed by atoms with Crippen molar-refractivity contribution in [3.05, 3.63) is 94.9 Å². The Balaban J connectivity index is 1.15. The Hall–Kier alpha value is -6.06. The third-order valence-corrected chi connectivity index (χ3v) is 8.11. The first-order valence-corrected chi connectivity index (χ1v) is 15.7. The van der Waals surface area contributed by atoms with Crippen LogP contribution in [0.25, 0.3) is 0 Å². The number of aliphatic hydroxyl groups is 2. The van der Waals surface area contributed by atoms with Crippen LogP contribution in [0.15, 0.2) is 94.9 Å². The maximum absolute atomic E-state index is 12.8. The summed E-state index contributed by atoms with van der Waals surface area (Å²) >= 11 is 0. The van der Waals surface area contributed by atoms with Crippen LogP contribution in [-0.4, -0.2) is 69.2 Å². The summed E-state index contributed by atoms with van der Waals surface area (Å²) in [6, 6.07) is 0. The molecule has 16 heteroatoms. The number of aliphatic hydroxyl groups excluding tert-OH is 2. The molecule has 2 N–H and O–H groups in total. The Morgan fingerprint density at radius 2 is 0.902 bits per heavy atom. The summed E-state index contributed by atoms with van der Waals surface area (Å²) in [5, 5.41) is 20.6. The molecule has 0 aromatic rings. The lowest BCUT2D eigenvalue weighted by atomic mass is 9.87. The zero-order chi connectivity index (χ0) is 37.2. The molecule has 2 spiro atoms. The first-order valence-electron chi connectivity index (χ1n) is 15.7. The van der Waals surface area contributed by atoms with Crippen LogP contribution in [0.3, 0.4) is 0 Å². The SMILES string of the molecule is CCC1(C)OC(=O)C(/C=C/C=C/C=C2C(=O)OC3(CCC4(CC3)OC(=O)C(/C=C/C=C/C=C3C(=O)OC(C)(C)OC3=O)=C(O)O4)OC2=O)=C(O)O1. The van der Waals surface area contributed by atoms with E-state index in [-0.39, 0.29) is 42.4 Å². The molecule has 51 heavy (non-hydrogen) atoms. The summed E-state index contributed by atoms with van der Waals surface area (Å²) in [4.78, 5) is 74.6. The molecule has 1 unspecified atom stereocenters. The highest BCUT2D eigenvalue weighted by Gasteiger charge is 2.56. The van der Waals surface area contributed by atoms with E-state index >= 15 is 0 Å². The average Bonchev–Trinajstić information content (AvgIpc) is 3.02. The fraction of sp³-hybridized carbons (Fsp3) is 0.371. The molecule has 0 bridgehead atoms. The van der Waals surface area contributed by atoms with E-state index in [2.05, 4.69) is 0 Å². The van der Waals surface area contributed by atoms with E-state index in [1.807, 2.05) is 0 Å². The van der Waals surface area contributed by atoms with Crippen molar-refractivity contribution in [2.75, 3.05) is 0 Å². The molecular formula is C35H34O16. The summed E-state index contributed by atoms with van der Waals surface area (Å²) in [6.07, 6.45) is 12.7. The molecule has 1 atom stereocenters. The van der Waals surface area contributed by atoms with Crippen LogP contribution in [0.4, 0.5) is 0 Å². The highest BCUT2D eigenvalue weighted by molar-refractivity contribution is 6.16. The average molecular weight is 711 g/mol. The fourth-order valence-corrected chi connectivity index (χ4v) is 5.25.